The Morgan fingerprint density at radius 2 is 2.00 bits per heavy atom. The molecule has 0 aliphatic carbocycles. The Morgan fingerprint density at radius 1 is 1.18 bits per heavy atom. The molecule has 0 fully saturated rings. The van der Waals surface area contributed by atoms with Gasteiger partial charge in [-0.25, -0.2) is 0 Å². The van der Waals surface area contributed by atoms with Crippen LogP contribution in [-0.2, 0) is 17.6 Å². The van der Waals surface area contributed by atoms with Crippen LogP contribution in [0.3, 0.4) is 0 Å². The fourth-order valence-corrected chi connectivity index (χ4v) is 2.67. The quantitative estimate of drug-likeness (QED) is 0.911. The second kappa shape index (κ2) is 6.02. The number of aryl methyl sites for hydroxylation is 2. The minimum Gasteiger partial charge on any atom is -0.326 e. The Hall–Kier alpha value is -2.62. The highest BCUT2D eigenvalue weighted by atomic mass is 16.2. The van der Waals surface area contributed by atoms with Crippen molar-refractivity contribution in [1.29, 1.82) is 0 Å². The standard InChI is InChI=1S/C18H18N2O2/c1-2-12-5-3-4-6-15(12)20-18(22)14-7-9-16-13(11-14)8-10-17(21)19-16/h3-7,9,11H,2,8,10H2,1H3,(H,19,21)(H,20,22). The molecule has 0 saturated heterocycles. The number of carbonyl (C=O) groups is 2. The van der Waals surface area contributed by atoms with Crippen molar-refractivity contribution >= 4 is 23.2 Å². The van der Waals surface area contributed by atoms with Gasteiger partial charge in [0.1, 0.15) is 0 Å². The highest BCUT2D eigenvalue weighted by Crippen LogP contribution is 2.24. The minimum atomic E-state index is -0.124. The highest BCUT2D eigenvalue weighted by molar-refractivity contribution is 6.05. The summed E-state index contributed by atoms with van der Waals surface area (Å²) in [6.07, 6.45) is 2.01. The first-order valence-electron chi connectivity index (χ1n) is 7.49. The maximum atomic E-state index is 12.4. The SMILES string of the molecule is CCc1ccccc1NC(=O)c1ccc2c(c1)CCC(=O)N2. The van der Waals surface area contributed by atoms with Crippen LogP contribution in [0.15, 0.2) is 42.5 Å². The number of benzene rings is 2. The number of carbonyl (C=O) groups excluding carboxylic acids is 2. The third-order valence-electron chi connectivity index (χ3n) is 3.91. The van der Waals surface area contributed by atoms with E-state index < -0.39 is 0 Å². The van der Waals surface area contributed by atoms with E-state index in [2.05, 4.69) is 17.6 Å². The van der Waals surface area contributed by atoms with E-state index in [0.717, 1.165) is 28.9 Å². The summed E-state index contributed by atoms with van der Waals surface area (Å²) < 4.78 is 0. The number of amides is 2. The van der Waals surface area contributed by atoms with E-state index in [4.69, 9.17) is 0 Å². The van der Waals surface area contributed by atoms with Gasteiger partial charge in [-0.3, -0.25) is 9.59 Å². The topological polar surface area (TPSA) is 58.2 Å². The predicted octanol–water partition coefficient (Wildman–Crippen LogP) is 3.39. The molecule has 0 atom stereocenters. The lowest BCUT2D eigenvalue weighted by atomic mass is 10.00. The molecule has 0 radical (unpaired) electrons. The molecule has 112 valence electrons. The summed E-state index contributed by atoms with van der Waals surface area (Å²) in [7, 11) is 0. The van der Waals surface area contributed by atoms with Crippen molar-refractivity contribution in [1.82, 2.24) is 0 Å². The van der Waals surface area contributed by atoms with Gasteiger partial charge >= 0.3 is 0 Å². The van der Waals surface area contributed by atoms with Crippen LogP contribution in [0.25, 0.3) is 0 Å². The molecule has 1 aliphatic heterocycles. The fraction of sp³-hybridized carbons (Fsp3) is 0.222. The van der Waals surface area contributed by atoms with Crippen LogP contribution in [0.1, 0.15) is 34.8 Å². The molecule has 0 unspecified atom stereocenters. The molecule has 1 aliphatic rings. The zero-order chi connectivity index (χ0) is 15.5. The van der Waals surface area contributed by atoms with Crippen LogP contribution in [0.2, 0.25) is 0 Å². The molecule has 2 amide bonds. The average molecular weight is 294 g/mol. The van der Waals surface area contributed by atoms with E-state index in [0.29, 0.717) is 18.4 Å². The number of hydrogen-bond acceptors (Lipinski definition) is 2. The van der Waals surface area contributed by atoms with Crippen molar-refractivity contribution in [2.75, 3.05) is 10.6 Å². The number of para-hydroxylation sites is 1. The molecule has 0 spiro atoms. The van der Waals surface area contributed by atoms with Crippen LogP contribution in [0.4, 0.5) is 11.4 Å². The van der Waals surface area contributed by atoms with Crippen LogP contribution in [0, 0.1) is 0 Å². The molecule has 22 heavy (non-hydrogen) atoms. The monoisotopic (exact) mass is 294 g/mol. The van der Waals surface area contributed by atoms with Crippen molar-refractivity contribution in [2.45, 2.75) is 26.2 Å². The maximum Gasteiger partial charge on any atom is 0.255 e. The Bertz CT molecular complexity index is 738. The van der Waals surface area contributed by atoms with E-state index >= 15 is 0 Å². The van der Waals surface area contributed by atoms with Crippen LogP contribution in [-0.4, -0.2) is 11.8 Å². The maximum absolute atomic E-state index is 12.4. The Morgan fingerprint density at radius 3 is 2.82 bits per heavy atom. The number of hydrogen-bond donors (Lipinski definition) is 2. The van der Waals surface area contributed by atoms with Crippen molar-refractivity contribution in [3.05, 3.63) is 59.2 Å². The van der Waals surface area contributed by atoms with E-state index in [9.17, 15) is 9.59 Å². The van der Waals surface area contributed by atoms with Gasteiger partial charge in [0.05, 0.1) is 0 Å². The molecule has 2 N–H and O–H groups in total. The summed E-state index contributed by atoms with van der Waals surface area (Å²) in [5.74, 6) is -0.0952. The predicted molar refractivity (Wildman–Crippen MR) is 87.2 cm³/mol. The van der Waals surface area contributed by atoms with Gasteiger partial charge in [-0.1, -0.05) is 25.1 Å². The highest BCUT2D eigenvalue weighted by Gasteiger charge is 2.17. The summed E-state index contributed by atoms with van der Waals surface area (Å²) in [4.78, 5) is 23.8. The number of nitrogens with one attached hydrogen (secondary N) is 2. The first kappa shape index (κ1) is 14.3. The Kier molecular flexibility index (Phi) is 3.92. The van der Waals surface area contributed by atoms with Gasteiger partial charge in [0, 0.05) is 23.4 Å². The largest absolute Gasteiger partial charge is 0.326 e. The first-order valence-corrected chi connectivity index (χ1v) is 7.49. The van der Waals surface area contributed by atoms with Gasteiger partial charge in [0.15, 0.2) is 0 Å². The van der Waals surface area contributed by atoms with Crippen LogP contribution in [0.5, 0.6) is 0 Å². The molecule has 4 heteroatoms. The second-order valence-corrected chi connectivity index (χ2v) is 5.38. The normalized spacial score (nSPS) is 13.2. The van der Waals surface area contributed by atoms with Crippen molar-refractivity contribution in [3.8, 4) is 0 Å². The Balaban J connectivity index is 1.82. The van der Waals surface area contributed by atoms with Gasteiger partial charge < -0.3 is 10.6 Å². The molecular weight excluding hydrogens is 276 g/mol. The summed E-state index contributed by atoms with van der Waals surface area (Å²) in [6.45, 7) is 2.06. The molecule has 2 aromatic carbocycles. The molecule has 3 rings (SSSR count). The van der Waals surface area contributed by atoms with Gasteiger partial charge in [-0.15, -0.1) is 0 Å². The van der Waals surface area contributed by atoms with Crippen LogP contribution < -0.4 is 10.6 Å². The lowest BCUT2D eigenvalue weighted by molar-refractivity contribution is -0.116. The van der Waals surface area contributed by atoms with Gasteiger partial charge in [-0.05, 0) is 48.2 Å². The molecule has 0 aromatic heterocycles. The van der Waals surface area contributed by atoms with E-state index in [1.54, 1.807) is 12.1 Å². The van der Waals surface area contributed by atoms with Crippen LogP contribution >= 0.6 is 0 Å². The summed E-state index contributed by atoms with van der Waals surface area (Å²) in [6, 6.07) is 13.2. The third-order valence-corrected chi connectivity index (χ3v) is 3.91. The van der Waals surface area contributed by atoms with Crippen molar-refractivity contribution in [3.63, 3.8) is 0 Å². The average Bonchev–Trinajstić information content (AvgIpc) is 2.54. The zero-order valence-corrected chi connectivity index (χ0v) is 12.5. The molecule has 4 nitrogen and oxygen atoms in total. The van der Waals surface area contributed by atoms with E-state index in [1.165, 1.54) is 0 Å². The minimum absolute atomic E-state index is 0.0292. The van der Waals surface area contributed by atoms with Gasteiger partial charge in [-0.2, -0.15) is 0 Å². The fourth-order valence-electron chi connectivity index (χ4n) is 2.67. The lowest BCUT2D eigenvalue weighted by Gasteiger charge is -2.17. The number of rotatable bonds is 3. The van der Waals surface area contributed by atoms with Gasteiger partial charge in [0.25, 0.3) is 5.91 Å². The first-order chi connectivity index (χ1) is 10.7. The second-order valence-electron chi connectivity index (χ2n) is 5.38. The number of anilines is 2. The van der Waals surface area contributed by atoms with Crippen molar-refractivity contribution < 1.29 is 9.59 Å². The Labute approximate surface area is 129 Å². The van der Waals surface area contributed by atoms with E-state index in [-0.39, 0.29) is 11.8 Å². The molecular formula is C18H18N2O2. The zero-order valence-electron chi connectivity index (χ0n) is 12.5. The molecule has 0 saturated carbocycles. The summed E-state index contributed by atoms with van der Waals surface area (Å²) in [5, 5.41) is 5.79. The molecule has 1 heterocycles. The summed E-state index contributed by atoms with van der Waals surface area (Å²) in [5.41, 5.74) is 4.39. The third kappa shape index (κ3) is 2.86. The molecule has 0 bridgehead atoms. The number of fused-ring (bicyclic) bond motifs is 1. The smallest absolute Gasteiger partial charge is 0.255 e. The molecule has 2 aromatic rings. The lowest BCUT2D eigenvalue weighted by Crippen LogP contribution is -2.20. The van der Waals surface area contributed by atoms with Gasteiger partial charge in [0.2, 0.25) is 5.91 Å². The summed E-state index contributed by atoms with van der Waals surface area (Å²) >= 11 is 0. The van der Waals surface area contributed by atoms with Crippen molar-refractivity contribution in [2.24, 2.45) is 0 Å². The van der Waals surface area contributed by atoms with E-state index in [1.807, 2.05) is 30.3 Å².